The molecule has 0 radical (unpaired) electrons. The Bertz CT molecular complexity index is 1130. The number of hydrogen-bond acceptors (Lipinski definition) is 4. The summed E-state index contributed by atoms with van der Waals surface area (Å²) in [6, 6.07) is 17.0. The van der Waals surface area contributed by atoms with Crippen molar-refractivity contribution < 1.29 is 13.2 Å². The molecule has 1 aliphatic heterocycles. The van der Waals surface area contributed by atoms with Gasteiger partial charge in [-0.3, -0.25) is 9.71 Å². The van der Waals surface area contributed by atoms with E-state index in [9.17, 15) is 13.2 Å². The number of pyridine rings is 1. The molecule has 1 atom stereocenters. The van der Waals surface area contributed by atoms with Crippen molar-refractivity contribution in [3.63, 3.8) is 0 Å². The van der Waals surface area contributed by atoms with Crippen LogP contribution in [0.5, 0.6) is 0 Å². The first-order valence-corrected chi connectivity index (χ1v) is 10.7. The van der Waals surface area contributed by atoms with Crippen molar-refractivity contribution in [3.8, 4) is 0 Å². The van der Waals surface area contributed by atoms with Crippen molar-refractivity contribution in [2.45, 2.75) is 18.3 Å². The van der Waals surface area contributed by atoms with Crippen LogP contribution in [0.3, 0.4) is 0 Å². The molecule has 29 heavy (non-hydrogen) atoms. The Kier molecular flexibility index (Phi) is 4.94. The molecule has 8 heteroatoms. The van der Waals surface area contributed by atoms with E-state index in [1.54, 1.807) is 65.8 Å². The minimum absolute atomic E-state index is 0.103. The Balaban J connectivity index is 1.55. The minimum atomic E-state index is -3.54. The Morgan fingerprint density at radius 1 is 1.10 bits per heavy atom. The van der Waals surface area contributed by atoms with Crippen LogP contribution in [0.1, 0.15) is 28.3 Å². The number of carbonyl (C=O) groups excluding carboxylic acids is 1. The number of rotatable bonds is 5. The molecule has 1 aromatic heterocycles. The van der Waals surface area contributed by atoms with E-state index in [2.05, 4.69) is 9.71 Å². The van der Waals surface area contributed by atoms with Crippen molar-refractivity contribution in [1.82, 2.24) is 9.88 Å². The second-order valence-electron chi connectivity index (χ2n) is 6.91. The molecule has 1 unspecified atom stereocenters. The van der Waals surface area contributed by atoms with Gasteiger partial charge >= 0.3 is 6.03 Å². The Hall–Kier alpha value is -3.39. The number of carbonyl (C=O) groups is 1. The molecule has 0 saturated heterocycles. The van der Waals surface area contributed by atoms with Gasteiger partial charge in [0.2, 0.25) is 10.0 Å². The molecule has 0 saturated carbocycles. The molecule has 0 bridgehead atoms. The van der Waals surface area contributed by atoms with Crippen LogP contribution in [0, 0.1) is 0 Å². The van der Waals surface area contributed by atoms with Crippen LogP contribution in [-0.4, -0.2) is 24.3 Å². The lowest BCUT2D eigenvalue weighted by Gasteiger charge is -2.24. The maximum absolute atomic E-state index is 12.4. The van der Waals surface area contributed by atoms with Crippen LogP contribution >= 0.6 is 0 Å². The molecule has 1 aliphatic rings. The third kappa shape index (κ3) is 4.07. The predicted octanol–water partition coefficient (Wildman–Crippen LogP) is 3.01. The van der Waals surface area contributed by atoms with Crippen LogP contribution in [0.4, 0.5) is 10.5 Å². The summed E-state index contributed by atoms with van der Waals surface area (Å²) in [5.41, 5.74) is 9.50. The number of benzene rings is 2. The zero-order valence-corrected chi connectivity index (χ0v) is 16.3. The molecule has 2 aromatic carbocycles. The number of urea groups is 1. The van der Waals surface area contributed by atoms with Gasteiger partial charge in [-0.1, -0.05) is 42.5 Å². The summed E-state index contributed by atoms with van der Waals surface area (Å²) >= 11 is 0. The van der Waals surface area contributed by atoms with Gasteiger partial charge in [0, 0.05) is 18.1 Å². The topological polar surface area (TPSA) is 105 Å². The van der Waals surface area contributed by atoms with Crippen LogP contribution < -0.4 is 10.5 Å². The highest BCUT2D eigenvalue weighted by molar-refractivity contribution is 7.91. The number of fused-ring (bicyclic) bond motifs is 1. The molecule has 148 valence electrons. The van der Waals surface area contributed by atoms with Crippen molar-refractivity contribution in [2.75, 3.05) is 4.72 Å². The van der Waals surface area contributed by atoms with Gasteiger partial charge in [-0.05, 0) is 40.5 Å². The molecule has 3 aromatic rings. The molecule has 2 amide bonds. The average molecular weight is 408 g/mol. The fourth-order valence-electron chi connectivity index (χ4n) is 3.59. The third-order valence-corrected chi connectivity index (χ3v) is 6.13. The standard InChI is InChI=1S/C21H20N4O3S/c22-21(26)25-13-17-12-23-11-10-19(17)20(25)16-6-8-18(9-7-16)24-29(27,28)14-15-4-2-1-3-5-15/h1-12,20,24H,13-14H2,(H2,22,26). The molecule has 4 rings (SSSR count). The average Bonchev–Trinajstić information content (AvgIpc) is 3.09. The van der Waals surface area contributed by atoms with Crippen LogP contribution in [0.2, 0.25) is 0 Å². The number of sulfonamides is 1. The van der Waals surface area contributed by atoms with Gasteiger partial charge < -0.3 is 10.6 Å². The summed E-state index contributed by atoms with van der Waals surface area (Å²) < 4.78 is 27.5. The predicted molar refractivity (Wildman–Crippen MR) is 110 cm³/mol. The number of primary amides is 1. The third-order valence-electron chi connectivity index (χ3n) is 4.87. The molecular formula is C21H20N4O3S. The highest BCUT2D eigenvalue weighted by Gasteiger charge is 2.33. The van der Waals surface area contributed by atoms with Gasteiger partial charge in [0.25, 0.3) is 0 Å². The minimum Gasteiger partial charge on any atom is -0.351 e. The summed E-state index contributed by atoms with van der Waals surface area (Å²) in [6.07, 6.45) is 3.42. The molecular weight excluding hydrogens is 388 g/mol. The van der Waals surface area contributed by atoms with Crippen LogP contribution in [-0.2, 0) is 22.3 Å². The number of hydrogen-bond donors (Lipinski definition) is 2. The van der Waals surface area contributed by atoms with E-state index in [4.69, 9.17) is 5.73 Å². The maximum atomic E-state index is 12.4. The lowest BCUT2D eigenvalue weighted by molar-refractivity contribution is 0.199. The van der Waals surface area contributed by atoms with Crippen molar-refractivity contribution in [3.05, 3.63) is 95.3 Å². The number of amides is 2. The number of nitrogens with two attached hydrogens (primary N) is 1. The molecule has 0 fully saturated rings. The molecule has 0 spiro atoms. The van der Waals surface area contributed by atoms with Gasteiger partial charge in [-0.2, -0.15) is 0 Å². The summed E-state index contributed by atoms with van der Waals surface area (Å²) in [5, 5.41) is 0. The summed E-state index contributed by atoms with van der Waals surface area (Å²) in [7, 11) is -3.54. The van der Waals surface area contributed by atoms with Crippen LogP contribution in [0.15, 0.2) is 73.1 Å². The lowest BCUT2D eigenvalue weighted by atomic mass is 9.99. The van der Waals surface area contributed by atoms with Gasteiger partial charge in [-0.15, -0.1) is 0 Å². The Morgan fingerprint density at radius 2 is 1.83 bits per heavy atom. The zero-order valence-electron chi connectivity index (χ0n) is 15.5. The zero-order chi connectivity index (χ0) is 20.4. The normalized spacial score (nSPS) is 15.7. The highest BCUT2D eigenvalue weighted by Crippen LogP contribution is 2.38. The van der Waals surface area contributed by atoms with Crippen molar-refractivity contribution in [1.29, 1.82) is 0 Å². The number of nitrogens with zero attached hydrogens (tertiary/aromatic N) is 2. The maximum Gasteiger partial charge on any atom is 0.315 e. The monoisotopic (exact) mass is 408 g/mol. The second-order valence-corrected chi connectivity index (χ2v) is 8.63. The van der Waals surface area contributed by atoms with Gasteiger partial charge in [0.15, 0.2) is 0 Å². The van der Waals surface area contributed by atoms with E-state index in [-0.39, 0.29) is 11.8 Å². The van der Waals surface area contributed by atoms with E-state index >= 15 is 0 Å². The van der Waals surface area contributed by atoms with E-state index < -0.39 is 16.1 Å². The smallest absolute Gasteiger partial charge is 0.315 e. The lowest BCUT2D eigenvalue weighted by Crippen LogP contribution is -2.34. The molecule has 3 N–H and O–H groups in total. The number of nitrogens with one attached hydrogen (secondary N) is 1. The molecule has 0 aliphatic carbocycles. The van der Waals surface area contributed by atoms with Crippen LogP contribution in [0.25, 0.3) is 0 Å². The highest BCUT2D eigenvalue weighted by atomic mass is 32.2. The SMILES string of the molecule is NC(=O)N1Cc2cnccc2C1c1ccc(NS(=O)(=O)Cc2ccccc2)cc1. The van der Waals surface area contributed by atoms with Gasteiger partial charge in [0.1, 0.15) is 0 Å². The number of aromatic nitrogens is 1. The van der Waals surface area contributed by atoms with Crippen molar-refractivity contribution >= 4 is 21.7 Å². The summed E-state index contributed by atoms with van der Waals surface area (Å²) in [6.45, 7) is 0.397. The fourth-order valence-corrected chi connectivity index (χ4v) is 4.79. The van der Waals surface area contributed by atoms with Gasteiger partial charge in [0.05, 0.1) is 18.3 Å². The Labute approximate surface area is 169 Å². The fraction of sp³-hybridized carbons (Fsp3) is 0.143. The first-order chi connectivity index (χ1) is 13.9. The summed E-state index contributed by atoms with van der Waals surface area (Å²) in [5.74, 6) is -0.103. The van der Waals surface area contributed by atoms with E-state index in [1.807, 2.05) is 12.1 Å². The molecule has 7 nitrogen and oxygen atoms in total. The van der Waals surface area contributed by atoms with E-state index in [1.165, 1.54) is 0 Å². The number of anilines is 1. The van der Waals surface area contributed by atoms with Gasteiger partial charge in [-0.25, -0.2) is 13.2 Å². The largest absolute Gasteiger partial charge is 0.351 e. The van der Waals surface area contributed by atoms with E-state index in [0.717, 1.165) is 16.7 Å². The van der Waals surface area contributed by atoms with E-state index in [0.29, 0.717) is 17.8 Å². The first kappa shape index (κ1) is 18.9. The first-order valence-electron chi connectivity index (χ1n) is 9.06. The Morgan fingerprint density at radius 3 is 2.52 bits per heavy atom. The summed E-state index contributed by atoms with van der Waals surface area (Å²) in [4.78, 5) is 17.6. The quantitative estimate of drug-likeness (QED) is 0.677. The van der Waals surface area contributed by atoms with Crippen molar-refractivity contribution in [2.24, 2.45) is 5.73 Å². The molecule has 2 heterocycles. The second kappa shape index (κ2) is 7.56.